The Hall–Kier alpha value is -1.53. The molecule has 1 atom stereocenters. The van der Waals surface area contributed by atoms with Crippen molar-refractivity contribution < 1.29 is 0 Å². The molecule has 4 nitrogen and oxygen atoms in total. The predicted octanol–water partition coefficient (Wildman–Crippen LogP) is 4.03. The summed E-state index contributed by atoms with van der Waals surface area (Å²) in [6.07, 6.45) is 1.24. The fourth-order valence-electron chi connectivity index (χ4n) is 2.94. The summed E-state index contributed by atoms with van der Waals surface area (Å²) in [4.78, 5) is 14.2. The molecule has 1 aliphatic rings. The van der Waals surface area contributed by atoms with Gasteiger partial charge in [0, 0.05) is 35.2 Å². The minimum atomic E-state index is 0.721. The lowest BCUT2D eigenvalue weighted by Gasteiger charge is -2.21. The van der Waals surface area contributed by atoms with E-state index in [0.29, 0.717) is 0 Å². The first-order valence-corrected chi connectivity index (χ1v) is 10.7. The predicted molar refractivity (Wildman–Crippen MR) is 109 cm³/mol. The molecule has 6 heteroatoms. The first-order chi connectivity index (χ1) is 12.3. The lowest BCUT2D eigenvalue weighted by molar-refractivity contribution is 0.474. The number of guanidine groups is 1. The van der Waals surface area contributed by atoms with Gasteiger partial charge in [0.15, 0.2) is 5.96 Å². The van der Waals surface area contributed by atoms with Crippen LogP contribution in [0.1, 0.15) is 23.9 Å². The molecule has 1 aliphatic heterocycles. The van der Waals surface area contributed by atoms with Crippen molar-refractivity contribution in [1.82, 2.24) is 15.2 Å². The molecule has 0 aliphatic carbocycles. The highest BCUT2D eigenvalue weighted by Gasteiger charge is 2.25. The standard InChI is InChI=1S/C19H26N4S2/c1-3-20-19(21-11-18-15(2)22-14-25-18)23-10-9-16(12-23)13-24-17-7-5-4-6-8-17/h4-8,14,16H,3,9-13H2,1-2H3,(H,20,21). The Morgan fingerprint density at radius 2 is 2.24 bits per heavy atom. The van der Waals surface area contributed by atoms with E-state index >= 15 is 0 Å². The van der Waals surface area contributed by atoms with Crippen molar-refractivity contribution in [3.63, 3.8) is 0 Å². The van der Waals surface area contributed by atoms with E-state index in [-0.39, 0.29) is 0 Å². The molecule has 0 spiro atoms. The third-order valence-corrected chi connectivity index (χ3v) is 6.53. The maximum atomic E-state index is 4.85. The van der Waals surface area contributed by atoms with Gasteiger partial charge in [-0.1, -0.05) is 18.2 Å². The molecule has 0 bridgehead atoms. The van der Waals surface area contributed by atoms with Gasteiger partial charge in [0.2, 0.25) is 0 Å². The summed E-state index contributed by atoms with van der Waals surface area (Å²) in [6, 6.07) is 10.7. The highest BCUT2D eigenvalue weighted by molar-refractivity contribution is 7.99. The van der Waals surface area contributed by atoms with Crippen molar-refractivity contribution in [2.45, 2.75) is 31.7 Å². The van der Waals surface area contributed by atoms with E-state index in [9.17, 15) is 0 Å². The van der Waals surface area contributed by atoms with Crippen LogP contribution in [0, 0.1) is 12.8 Å². The van der Waals surface area contributed by atoms with Crippen molar-refractivity contribution in [2.24, 2.45) is 10.9 Å². The van der Waals surface area contributed by atoms with Gasteiger partial charge in [-0.3, -0.25) is 0 Å². The Labute approximate surface area is 158 Å². The molecule has 1 N–H and O–H groups in total. The number of benzene rings is 1. The largest absolute Gasteiger partial charge is 0.357 e. The van der Waals surface area contributed by atoms with Crippen LogP contribution in [-0.4, -0.2) is 41.2 Å². The maximum Gasteiger partial charge on any atom is 0.194 e. The average molecular weight is 375 g/mol. The zero-order valence-corrected chi connectivity index (χ0v) is 16.6. The molecule has 2 heterocycles. The number of thioether (sulfide) groups is 1. The second-order valence-corrected chi connectivity index (χ2v) is 8.29. The van der Waals surface area contributed by atoms with Crippen LogP contribution >= 0.6 is 23.1 Å². The number of thiazole rings is 1. The number of rotatable bonds is 6. The van der Waals surface area contributed by atoms with Crippen LogP contribution in [0.5, 0.6) is 0 Å². The SMILES string of the molecule is CCNC(=NCc1scnc1C)N1CCC(CSc2ccccc2)C1. The number of aliphatic imine (C=N–C) groups is 1. The second-order valence-electron chi connectivity index (χ2n) is 6.26. The van der Waals surface area contributed by atoms with Crippen molar-refractivity contribution in [1.29, 1.82) is 0 Å². The smallest absolute Gasteiger partial charge is 0.194 e. The van der Waals surface area contributed by atoms with Gasteiger partial charge in [-0.05, 0) is 38.3 Å². The zero-order chi connectivity index (χ0) is 17.5. The van der Waals surface area contributed by atoms with E-state index in [4.69, 9.17) is 4.99 Å². The zero-order valence-electron chi connectivity index (χ0n) is 14.9. The lowest BCUT2D eigenvalue weighted by atomic mass is 10.2. The van der Waals surface area contributed by atoms with Crippen LogP contribution in [-0.2, 0) is 6.54 Å². The number of nitrogens with one attached hydrogen (secondary N) is 1. The van der Waals surface area contributed by atoms with E-state index in [0.717, 1.165) is 43.8 Å². The molecular weight excluding hydrogens is 348 g/mol. The van der Waals surface area contributed by atoms with Crippen LogP contribution in [0.2, 0.25) is 0 Å². The summed E-state index contributed by atoms with van der Waals surface area (Å²) in [5.74, 6) is 2.94. The van der Waals surface area contributed by atoms with Crippen LogP contribution in [0.3, 0.4) is 0 Å². The quantitative estimate of drug-likeness (QED) is 0.471. The third-order valence-electron chi connectivity index (χ3n) is 4.37. The van der Waals surface area contributed by atoms with Gasteiger partial charge in [0.1, 0.15) is 0 Å². The monoisotopic (exact) mass is 374 g/mol. The number of nitrogens with zero attached hydrogens (tertiary/aromatic N) is 3. The number of aryl methyl sites for hydroxylation is 1. The van der Waals surface area contributed by atoms with Gasteiger partial charge in [-0.15, -0.1) is 23.1 Å². The van der Waals surface area contributed by atoms with E-state index in [2.05, 4.69) is 59.4 Å². The van der Waals surface area contributed by atoms with Crippen molar-refractivity contribution in [3.8, 4) is 0 Å². The van der Waals surface area contributed by atoms with E-state index in [1.807, 2.05) is 17.3 Å². The summed E-state index contributed by atoms with van der Waals surface area (Å²) in [7, 11) is 0. The lowest BCUT2D eigenvalue weighted by Crippen LogP contribution is -2.40. The third kappa shape index (κ3) is 5.22. The highest BCUT2D eigenvalue weighted by atomic mass is 32.2. The highest BCUT2D eigenvalue weighted by Crippen LogP contribution is 2.26. The van der Waals surface area contributed by atoms with Gasteiger partial charge < -0.3 is 10.2 Å². The Kier molecular flexibility index (Phi) is 6.76. The minimum absolute atomic E-state index is 0.721. The summed E-state index contributed by atoms with van der Waals surface area (Å²) < 4.78 is 0. The maximum absolute atomic E-state index is 4.85. The van der Waals surface area contributed by atoms with Gasteiger partial charge in [0.05, 0.1) is 17.7 Å². The second kappa shape index (κ2) is 9.25. The summed E-state index contributed by atoms with van der Waals surface area (Å²) >= 11 is 3.66. The molecule has 134 valence electrons. The molecule has 1 saturated heterocycles. The first-order valence-electron chi connectivity index (χ1n) is 8.86. The van der Waals surface area contributed by atoms with E-state index < -0.39 is 0 Å². The average Bonchev–Trinajstić information content (AvgIpc) is 3.27. The Morgan fingerprint density at radius 3 is 2.96 bits per heavy atom. The minimum Gasteiger partial charge on any atom is -0.357 e. The summed E-state index contributed by atoms with van der Waals surface area (Å²) in [6.45, 7) is 7.99. The molecule has 1 unspecified atom stereocenters. The van der Waals surface area contributed by atoms with Gasteiger partial charge >= 0.3 is 0 Å². The van der Waals surface area contributed by atoms with Gasteiger partial charge in [0.25, 0.3) is 0 Å². The molecule has 1 aromatic heterocycles. The molecule has 1 aromatic carbocycles. The topological polar surface area (TPSA) is 40.5 Å². The van der Waals surface area contributed by atoms with Gasteiger partial charge in [-0.25, -0.2) is 9.98 Å². The Morgan fingerprint density at radius 1 is 1.40 bits per heavy atom. The molecular formula is C19H26N4S2. The van der Waals surface area contributed by atoms with Crippen LogP contribution in [0.25, 0.3) is 0 Å². The molecule has 0 saturated carbocycles. The van der Waals surface area contributed by atoms with Crippen LogP contribution < -0.4 is 5.32 Å². The molecule has 1 fully saturated rings. The van der Waals surface area contributed by atoms with Crippen molar-refractivity contribution in [2.75, 3.05) is 25.4 Å². The number of aromatic nitrogens is 1. The van der Waals surface area contributed by atoms with Gasteiger partial charge in [-0.2, -0.15) is 0 Å². The van der Waals surface area contributed by atoms with Crippen molar-refractivity contribution in [3.05, 3.63) is 46.4 Å². The number of hydrogen-bond acceptors (Lipinski definition) is 4. The fourth-order valence-corrected chi connectivity index (χ4v) is 4.69. The molecule has 0 amide bonds. The first kappa shape index (κ1) is 18.3. The number of likely N-dealkylation sites (tertiary alicyclic amines) is 1. The molecule has 25 heavy (non-hydrogen) atoms. The Balaban J connectivity index is 1.55. The molecule has 0 radical (unpaired) electrons. The Bertz CT molecular complexity index is 684. The summed E-state index contributed by atoms with van der Waals surface area (Å²) in [5.41, 5.74) is 3.00. The fraction of sp³-hybridized carbons (Fsp3) is 0.474. The summed E-state index contributed by atoms with van der Waals surface area (Å²) in [5, 5.41) is 3.45. The van der Waals surface area contributed by atoms with E-state index in [1.54, 1.807) is 11.3 Å². The molecule has 3 rings (SSSR count). The van der Waals surface area contributed by atoms with Crippen LogP contribution in [0.4, 0.5) is 0 Å². The van der Waals surface area contributed by atoms with E-state index in [1.165, 1.54) is 21.9 Å². The number of hydrogen-bond donors (Lipinski definition) is 1. The normalized spacial score (nSPS) is 17.9. The van der Waals surface area contributed by atoms with Crippen LogP contribution in [0.15, 0.2) is 45.7 Å². The molecule has 2 aromatic rings. The van der Waals surface area contributed by atoms with Crippen molar-refractivity contribution >= 4 is 29.1 Å².